The number of rotatable bonds is 10. The molecule has 0 saturated carbocycles. The molecule has 530 valence electrons. The van der Waals surface area contributed by atoms with E-state index in [0.29, 0.717) is 0 Å². The predicted molar refractivity (Wildman–Crippen MR) is 486 cm³/mol. The number of fused-ring (bicyclic) bond motifs is 16. The van der Waals surface area contributed by atoms with Gasteiger partial charge in [-0.1, -0.05) is 282 Å². The maximum absolute atomic E-state index is 2.63. The van der Waals surface area contributed by atoms with Crippen molar-refractivity contribution in [3.05, 3.63) is 382 Å². The van der Waals surface area contributed by atoms with Crippen LogP contribution in [0.3, 0.4) is 0 Å². The smallest absolute Gasteiger partial charge is 0.252 e. The lowest BCUT2D eigenvalue weighted by atomic mass is 9.33. The highest BCUT2D eigenvalue weighted by atomic mass is 32.1. The van der Waals surface area contributed by atoms with Crippen molar-refractivity contribution in [3.63, 3.8) is 0 Å². The minimum absolute atomic E-state index is 0.0946. The third-order valence-corrected chi connectivity index (χ3v) is 26.4. The molecule has 0 unspecified atom stereocenters. The third kappa shape index (κ3) is 10.2. The zero-order valence-electron chi connectivity index (χ0n) is 62.5. The molecule has 6 heterocycles. The Balaban J connectivity index is 0.859. The Hall–Kier alpha value is -13.6. The molecule has 0 bridgehead atoms. The summed E-state index contributed by atoms with van der Waals surface area (Å²) in [6, 6.07) is 143. The van der Waals surface area contributed by atoms with Gasteiger partial charge < -0.3 is 18.9 Å². The summed E-state index contributed by atoms with van der Waals surface area (Å²) in [6.07, 6.45) is 0. The Kier molecular flexibility index (Phi) is 14.7. The van der Waals surface area contributed by atoms with Crippen molar-refractivity contribution in [1.82, 2.24) is 9.13 Å². The van der Waals surface area contributed by atoms with Gasteiger partial charge in [0.25, 0.3) is 6.71 Å². The van der Waals surface area contributed by atoms with Crippen LogP contribution in [0.2, 0.25) is 0 Å². The van der Waals surface area contributed by atoms with E-state index in [1.165, 1.54) is 117 Å². The number of hydrogen-bond acceptors (Lipinski definition) is 4. The van der Waals surface area contributed by atoms with Crippen LogP contribution in [0.5, 0.6) is 0 Å². The maximum atomic E-state index is 2.63. The van der Waals surface area contributed by atoms with Crippen LogP contribution in [0.15, 0.2) is 376 Å². The van der Waals surface area contributed by atoms with Gasteiger partial charge in [0, 0.05) is 107 Å². The van der Waals surface area contributed by atoms with E-state index in [9.17, 15) is 0 Å². The van der Waals surface area contributed by atoms with Crippen LogP contribution in [-0.2, 0) is 5.41 Å². The van der Waals surface area contributed by atoms with Gasteiger partial charge in [0.2, 0.25) is 0 Å². The molecule has 17 aromatic carbocycles. The molecule has 0 spiro atoms. The molecule has 0 amide bonds. The van der Waals surface area contributed by atoms with Gasteiger partial charge in [-0.05, 0) is 198 Å². The molecular weight excluding hydrogens is 1400 g/mol. The van der Waals surface area contributed by atoms with Crippen LogP contribution < -0.4 is 26.2 Å². The number of aromatic nitrogens is 2. The summed E-state index contributed by atoms with van der Waals surface area (Å²) in [5, 5.41) is 9.97. The topological polar surface area (TPSA) is 16.3 Å². The largest absolute Gasteiger partial charge is 0.311 e. The van der Waals surface area contributed by atoms with Crippen LogP contribution in [-0.4, -0.2) is 15.8 Å². The lowest BCUT2D eigenvalue weighted by Crippen LogP contribution is -2.61. The molecule has 2 aliphatic rings. The summed E-state index contributed by atoms with van der Waals surface area (Å²) >= 11 is 3.74. The average Bonchev–Trinajstić information content (AvgIpc) is 1.53. The minimum Gasteiger partial charge on any atom is -0.311 e. The molecule has 0 fully saturated rings. The van der Waals surface area contributed by atoms with Crippen LogP contribution >= 0.6 is 22.7 Å². The Morgan fingerprint density at radius 1 is 0.248 bits per heavy atom. The Morgan fingerprint density at radius 3 is 1.29 bits per heavy atom. The summed E-state index contributed by atoms with van der Waals surface area (Å²) in [6.45, 7) is 6.69. The fourth-order valence-corrected chi connectivity index (χ4v) is 21.2. The summed E-state index contributed by atoms with van der Waals surface area (Å²) in [4.78, 5) is 5.26. The zero-order chi connectivity index (χ0) is 74.7. The second-order valence-corrected chi connectivity index (χ2v) is 33.5. The minimum atomic E-state index is -0.275. The molecule has 0 N–H and O–H groups in total. The molecular formula is C106H71BN4S2. The number of hydrogen-bond donors (Lipinski definition) is 0. The lowest BCUT2D eigenvalue weighted by molar-refractivity contribution is 0.590. The van der Waals surface area contributed by atoms with Crippen molar-refractivity contribution in [1.29, 1.82) is 0 Å². The SMILES string of the molecule is CC(C)(C)c1ccc(N2c3ccc(-c4c(-c5cccc6sc7ccccc7c56)cccc4-n4c5ccccc5c5ccccc54)cc3B3c4ccc(-c5ccccc5)cc4N(c4ccc(-c5ccccc5)cc4)c4cc(-c5c(-c6ccc7sc8ccccc8c7c6)cccc5-n5c6ccccc6c6ccccc65)cc2c43)cc1. The van der Waals surface area contributed by atoms with Crippen molar-refractivity contribution in [2.45, 2.75) is 26.2 Å². The molecule has 113 heavy (non-hydrogen) atoms. The van der Waals surface area contributed by atoms with Crippen LogP contribution in [0, 0.1) is 0 Å². The van der Waals surface area contributed by atoms with E-state index in [1.807, 2.05) is 22.7 Å². The quantitative estimate of drug-likeness (QED) is 0.127. The Morgan fingerprint density at radius 2 is 0.681 bits per heavy atom. The fourth-order valence-electron chi connectivity index (χ4n) is 19.0. The van der Waals surface area contributed by atoms with E-state index in [4.69, 9.17) is 0 Å². The van der Waals surface area contributed by atoms with Gasteiger partial charge in [-0.2, -0.15) is 0 Å². The van der Waals surface area contributed by atoms with Gasteiger partial charge in [0.15, 0.2) is 0 Å². The number of benzene rings is 17. The van der Waals surface area contributed by atoms with E-state index < -0.39 is 0 Å². The number of anilines is 6. The summed E-state index contributed by atoms with van der Waals surface area (Å²) in [5.74, 6) is 0. The number of nitrogens with zero attached hydrogens (tertiary/aromatic N) is 4. The first-order valence-electron chi connectivity index (χ1n) is 39.1. The van der Waals surface area contributed by atoms with Crippen LogP contribution in [0.4, 0.5) is 34.1 Å². The first-order chi connectivity index (χ1) is 55.7. The van der Waals surface area contributed by atoms with Crippen molar-refractivity contribution in [3.8, 4) is 78.1 Å². The van der Waals surface area contributed by atoms with Gasteiger partial charge in [0.05, 0.1) is 33.4 Å². The maximum Gasteiger partial charge on any atom is 0.252 e. The highest BCUT2D eigenvalue weighted by Crippen LogP contribution is 2.53. The second kappa shape index (κ2) is 25.5. The molecule has 21 aromatic rings. The standard InChI is InChI=1S/C106H71BN4S2/c1-106(2,3)73-52-56-75(57-53-73)108-92-59-50-71(102-82(83-37-24-46-101-104(83)84-34-15-21-45-99(84)113-101)36-23-43-93(102)110-88-38-16-10-29-77(88)78-30-11-17-39-89(78)110)62-87(92)107-86-58-49-69(67-27-8-5-9-28-67)63-95(86)109(74-54-47-68(48-55-74)66-25-6-4-7-26-66)97-65-72(64-96(108)105(97)107)103-76(70-51-60-100-85(61-70)81-33-14-20-44-98(81)112-100)35-22-42-94(103)111-90-40-18-12-31-79(90)80-32-13-19-41-91(80)111/h4-65H,1-3H3. The van der Waals surface area contributed by atoms with Crippen molar-refractivity contribution in [2.24, 2.45) is 0 Å². The van der Waals surface area contributed by atoms with Gasteiger partial charge in [0.1, 0.15) is 0 Å². The van der Waals surface area contributed by atoms with Crippen molar-refractivity contribution >= 4 is 164 Å². The van der Waals surface area contributed by atoms with Gasteiger partial charge >= 0.3 is 0 Å². The summed E-state index contributed by atoms with van der Waals surface area (Å²) in [7, 11) is 0. The molecule has 0 atom stereocenters. The lowest BCUT2D eigenvalue weighted by Gasteiger charge is -2.45. The molecule has 0 aliphatic carbocycles. The summed E-state index contributed by atoms with van der Waals surface area (Å²) in [5.41, 5.74) is 32.3. The Labute approximate surface area is 663 Å². The zero-order valence-corrected chi connectivity index (χ0v) is 64.1. The van der Waals surface area contributed by atoms with Gasteiger partial charge in [-0.25, -0.2) is 0 Å². The highest BCUT2D eigenvalue weighted by Gasteiger charge is 2.45. The van der Waals surface area contributed by atoms with Crippen LogP contribution in [0.1, 0.15) is 26.3 Å². The van der Waals surface area contributed by atoms with E-state index in [2.05, 4.69) is 416 Å². The van der Waals surface area contributed by atoms with Crippen molar-refractivity contribution in [2.75, 3.05) is 9.80 Å². The molecule has 2 aliphatic heterocycles. The van der Waals surface area contributed by atoms with E-state index in [-0.39, 0.29) is 12.1 Å². The van der Waals surface area contributed by atoms with E-state index in [1.54, 1.807) is 0 Å². The second-order valence-electron chi connectivity index (χ2n) is 31.4. The predicted octanol–water partition coefficient (Wildman–Crippen LogP) is 28.0. The fraction of sp³-hybridized carbons (Fsp3) is 0.0377. The molecule has 0 saturated heterocycles. The van der Waals surface area contributed by atoms with Crippen LogP contribution in [0.25, 0.3) is 162 Å². The number of thiophene rings is 2. The molecule has 23 rings (SSSR count). The summed E-state index contributed by atoms with van der Waals surface area (Å²) < 4.78 is 10.2. The normalized spacial score (nSPS) is 12.7. The number of para-hydroxylation sites is 4. The first-order valence-corrected chi connectivity index (χ1v) is 40.8. The first kappa shape index (κ1) is 65.3. The molecule has 0 radical (unpaired) electrons. The third-order valence-electron chi connectivity index (χ3n) is 24.1. The average molecular weight is 1480 g/mol. The molecule has 4 nitrogen and oxygen atoms in total. The van der Waals surface area contributed by atoms with Crippen molar-refractivity contribution < 1.29 is 0 Å². The molecule has 7 heteroatoms. The van der Waals surface area contributed by atoms with E-state index >= 15 is 0 Å². The van der Waals surface area contributed by atoms with E-state index in [0.717, 1.165) is 101 Å². The molecule has 4 aromatic heterocycles. The monoisotopic (exact) mass is 1470 g/mol. The van der Waals surface area contributed by atoms with Gasteiger partial charge in [-0.15, -0.1) is 22.7 Å². The Bertz CT molecular complexity index is 7380. The van der Waals surface area contributed by atoms with Gasteiger partial charge in [-0.3, -0.25) is 0 Å². The highest BCUT2D eigenvalue weighted by molar-refractivity contribution is 7.26.